The average Bonchev–Trinajstić information content (AvgIpc) is 3.28. The normalized spacial score (nSPS) is 10.7. The second-order valence-corrected chi connectivity index (χ2v) is 8.06. The first-order valence-electron chi connectivity index (χ1n) is 10.6. The molecule has 1 aromatic heterocycles. The van der Waals surface area contributed by atoms with Crippen LogP contribution in [0.15, 0.2) is 108 Å². The van der Waals surface area contributed by atoms with E-state index in [1.165, 1.54) is 0 Å². The van der Waals surface area contributed by atoms with Gasteiger partial charge in [-0.3, -0.25) is 10.1 Å². The third-order valence-corrected chi connectivity index (χ3v) is 5.60. The van der Waals surface area contributed by atoms with Gasteiger partial charge in [-0.15, -0.1) is 0 Å². The number of nitrogens with zero attached hydrogens (tertiary/aromatic N) is 1. The predicted molar refractivity (Wildman–Crippen MR) is 134 cm³/mol. The molecule has 0 saturated heterocycles. The highest BCUT2D eigenvalue weighted by atomic mass is 35.5. The van der Waals surface area contributed by atoms with Crippen molar-refractivity contribution in [3.63, 3.8) is 0 Å². The molecule has 1 heterocycles. The van der Waals surface area contributed by atoms with E-state index in [0.717, 1.165) is 11.1 Å². The number of oxazole rings is 1. The summed E-state index contributed by atoms with van der Waals surface area (Å²) in [5.41, 5.74) is 3.89. The molecule has 166 valence electrons. The standard InChI is InChI=1S/C28H19ClN2O3/c29-22-14-11-19(12-15-22)25-28(31-26(33)20-9-5-2-6-10-20)34-27(30-25)23-16-13-21(17-24(23)32)18-7-3-1-4-8-18/h1-17,32H,(H,31,33). The molecule has 0 atom stereocenters. The van der Waals surface area contributed by atoms with Crippen LogP contribution in [0.2, 0.25) is 5.02 Å². The van der Waals surface area contributed by atoms with Crippen LogP contribution in [0.3, 0.4) is 0 Å². The summed E-state index contributed by atoms with van der Waals surface area (Å²) in [6, 6.07) is 30.9. The number of aromatic nitrogens is 1. The second-order valence-electron chi connectivity index (χ2n) is 7.62. The van der Waals surface area contributed by atoms with E-state index in [9.17, 15) is 9.90 Å². The van der Waals surface area contributed by atoms with E-state index in [-0.39, 0.29) is 23.4 Å². The van der Waals surface area contributed by atoms with Crippen molar-refractivity contribution in [1.29, 1.82) is 0 Å². The van der Waals surface area contributed by atoms with Crippen molar-refractivity contribution >= 4 is 23.4 Å². The van der Waals surface area contributed by atoms with Crippen molar-refractivity contribution < 1.29 is 14.3 Å². The molecule has 1 amide bonds. The molecular formula is C28H19ClN2O3. The molecule has 6 heteroatoms. The minimum absolute atomic E-state index is 0.0196. The Kier molecular flexibility index (Phi) is 5.85. The molecule has 0 saturated carbocycles. The van der Waals surface area contributed by atoms with Crippen LogP contribution in [0.25, 0.3) is 33.8 Å². The van der Waals surface area contributed by atoms with Crippen molar-refractivity contribution in [3.8, 4) is 39.6 Å². The minimum atomic E-state index is -0.331. The highest BCUT2D eigenvalue weighted by Gasteiger charge is 2.21. The third kappa shape index (κ3) is 4.42. The summed E-state index contributed by atoms with van der Waals surface area (Å²) in [7, 11) is 0. The summed E-state index contributed by atoms with van der Waals surface area (Å²) < 4.78 is 5.97. The van der Waals surface area contributed by atoms with E-state index in [4.69, 9.17) is 16.0 Å². The molecule has 0 unspecified atom stereocenters. The quantitative estimate of drug-likeness (QED) is 0.285. The summed E-state index contributed by atoms with van der Waals surface area (Å²) in [6.45, 7) is 0. The van der Waals surface area contributed by atoms with Crippen LogP contribution >= 0.6 is 11.6 Å². The van der Waals surface area contributed by atoms with Gasteiger partial charge in [0.1, 0.15) is 11.4 Å². The molecule has 0 radical (unpaired) electrons. The molecule has 2 N–H and O–H groups in total. The van der Waals surface area contributed by atoms with E-state index in [1.54, 1.807) is 60.7 Å². The number of benzene rings is 4. The van der Waals surface area contributed by atoms with Crippen LogP contribution in [0.1, 0.15) is 10.4 Å². The molecule has 5 aromatic rings. The monoisotopic (exact) mass is 466 g/mol. The number of amides is 1. The molecule has 0 fully saturated rings. The molecule has 0 aliphatic heterocycles. The fraction of sp³-hybridized carbons (Fsp3) is 0. The van der Waals surface area contributed by atoms with Gasteiger partial charge in [-0.05, 0) is 47.5 Å². The molecule has 0 bridgehead atoms. The van der Waals surface area contributed by atoms with Gasteiger partial charge < -0.3 is 9.52 Å². The van der Waals surface area contributed by atoms with Crippen LogP contribution in [-0.4, -0.2) is 16.0 Å². The molecule has 34 heavy (non-hydrogen) atoms. The Hall–Kier alpha value is -4.35. The molecule has 0 spiro atoms. The number of carbonyl (C=O) groups is 1. The molecule has 5 nitrogen and oxygen atoms in total. The number of phenolic OH excluding ortho intramolecular Hbond substituents is 1. The van der Waals surface area contributed by atoms with Crippen molar-refractivity contribution in [2.45, 2.75) is 0 Å². The van der Waals surface area contributed by atoms with E-state index in [1.807, 2.05) is 42.5 Å². The molecule has 0 aliphatic carbocycles. The Bertz CT molecular complexity index is 1450. The zero-order valence-electron chi connectivity index (χ0n) is 17.9. The van der Waals surface area contributed by atoms with Gasteiger partial charge in [0.2, 0.25) is 11.8 Å². The Morgan fingerprint density at radius 2 is 1.44 bits per heavy atom. The average molecular weight is 467 g/mol. The van der Waals surface area contributed by atoms with Crippen molar-refractivity contribution in [3.05, 3.63) is 114 Å². The van der Waals surface area contributed by atoms with Crippen LogP contribution in [-0.2, 0) is 0 Å². The van der Waals surface area contributed by atoms with E-state index in [0.29, 0.717) is 27.4 Å². The number of aromatic hydroxyl groups is 1. The van der Waals surface area contributed by atoms with Crippen LogP contribution in [0.4, 0.5) is 5.88 Å². The maximum atomic E-state index is 12.8. The van der Waals surface area contributed by atoms with Crippen molar-refractivity contribution in [1.82, 2.24) is 4.98 Å². The first-order valence-corrected chi connectivity index (χ1v) is 11.0. The maximum absolute atomic E-state index is 12.8. The SMILES string of the molecule is O=C(Nc1oc(-c2ccc(-c3ccccc3)cc2O)nc1-c1ccc(Cl)cc1)c1ccccc1. The number of hydrogen-bond donors (Lipinski definition) is 2. The summed E-state index contributed by atoms with van der Waals surface area (Å²) >= 11 is 6.04. The molecule has 0 aliphatic rings. The van der Waals surface area contributed by atoms with Gasteiger partial charge in [-0.2, -0.15) is 0 Å². The largest absolute Gasteiger partial charge is 0.507 e. The van der Waals surface area contributed by atoms with Crippen LogP contribution in [0.5, 0.6) is 5.75 Å². The zero-order chi connectivity index (χ0) is 23.5. The van der Waals surface area contributed by atoms with Gasteiger partial charge in [0, 0.05) is 16.1 Å². The Balaban J connectivity index is 1.55. The number of halogens is 1. The Labute approximate surface area is 201 Å². The molecule has 4 aromatic carbocycles. The van der Waals surface area contributed by atoms with E-state index in [2.05, 4.69) is 10.3 Å². The van der Waals surface area contributed by atoms with Crippen molar-refractivity contribution in [2.24, 2.45) is 0 Å². The summed E-state index contributed by atoms with van der Waals surface area (Å²) in [5, 5.41) is 14.2. The topological polar surface area (TPSA) is 75.4 Å². The fourth-order valence-electron chi connectivity index (χ4n) is 3.61. The number of rotatable bonds is 5. The molecule has 5 rings (SSSR count). The number of hydrogen-bond acceptors (Lipinski definition) is 4. The zero-order valence-corrected chi connectivity index (χ0v) is 18.7. The van der Waals surface area contributed by atoms with Gasteiger partial charge >= 0.3 is 0 Å². The smallest absolute Gasteiger partial charge is 0.258 e. The van der Waals surface area contributed by atoms with Crippen molar-refractivity contribution in [2.75, 3.05) is 5.32 Å². The van der Waals surface area contributed by atoms with Crippen LogP contribution in [0, 0.1) is 0 Å². The maximum Gasteiger partial charge on any atom is 0.258 e. The summed E-state index contributed by atoms with van der Waals surface area (Å²) in [6.07, 6.45) is 0. The third-order valence-electron chi connectivity index (χ3n) is 5.34. The lowest BCUT2D eigenvalue weighted by Crippen LogP contribution is -2.11. The highest BCUT2D eigenvalue weighted by molar-refractivity contribution is 6.30. The number of nitrogens with one attached hydrogen (secondary N) is 1. The van der Waals surface area contributed by atoms with Gasteiger partial charge in [0.05, 0.1) is 5.56 Å². The predicted octanol–water partition coefficient (Wildman–Crippen LogP) is 7.29. The second kappa shape index (κ2) is 9.25. The van der Waals surface area contributed by atoms with Gasteiger partial charge in [0.25, 0.3) is 5.91 Å². The first-order chi connectivity index (χ1) is 16.6. The van der Waals surface area contributed by atoms with Crippen LogP contribution < -0.4 is 5.32 Å². The summed E-state index contributed by atoms with van der Waals surface area (Å²) in [5.74, 6) is 0.0523. The van der Waals surface area contributed by atoms with Gasteiger partial charge in [0.15, 0.2) is 0 Å². The number of carbonyl (C=O) groups excluding carboxylic acids is 1. The van der Waals surface area contributed by atoms with E-state index < -0.39 is 0 Å². The lowest BCUT2D eigenvalue weighted by atomic mass is 10.0. The van der Waals surface area contributed by atoms with Gasteiger partial charge in [-0.1, -0.05) is 78.3 Å². The lowest BCUT2D eigenvalue weighted by Gasteiger charge is -2.05. The summed E-state index contributed by atoms with van der Waals surface area (Å²) in [4.78, 5) is 17.4. The molecular weight excluding hydrogens is 448 g/mol. The Morgan fingerprint density at radius 1 is 0.794 bits per heavy atom. The number of anilines is 1. The van der Waals surface area contributed by atoms with E-state index >= 15 is 0 Å². The first kappa shape index (κ1) is 21.5. The van der Waals surface area contributed by atoms with Gasteiger partial charge in [-0.25, -0.2) is 4.98 Å². The fourth-order valence-corrected chi connectivity index (χ4v) is 3.74. The minimum Gasteiger partial charge on any atom is -0.507 e. The highest BCUT2D eigenvalue weighted by Crippen LogP contribution is 2.38. The Morgan fingerprint density at radius 3 is 2.12 bits per heavy atom. The number of phenols is 1. The lowest BCUT2D eigenvalue weighted by molar-refractivity contribution is 0.102.